The minimum absolute atomic E-state index is 0.505. The normalized spacial score (nSPS) is 13.4. The molecule has 0 aromatic heterocycles. The topological polar surface area (TPSA) is 83.5 Å². The van der Waals surface area contributed by atoms with Gasteiger partial charge in [-0.3, -0.25) is 4.79 Å². The number of aliphatic carboxylic acids is 1. The van der Waals surface area contributed by atoms with Crippen LogP contribution in [0.25, 0.3) is 0 Å². The maximum absolute atomic E-state index is 9.65. The summed E-state index contributed by atoms with van der Waals surface area (Å²) in [5, 5.41) is 15.9. The van der Waals surface area contributed by atoms with Crippen molar-refractivity contribution in [3.63, 3.8) is 0 Å². The molecule has 4 heteroatoms. The van der Waals surface area contributed by atoms with Crippen molar-refractivity contribution in [3.8, 4) is 0 Å². The average Bonchev–Trinajstić information content (AvgIpc) is 1.65. The van der Waals surface area contributed by atoms with Crippen LogP contribution >= 0.6 is 0 Å². The fourth-order valence-corrected chi connectivity index (χ4v) is 0.0781. The molecule has 7 heavy (non-hydrogen) atoms. The number of hydrogen-bond donors (Lipinski definition) is 3. The largest absolute Gasteiger partial charge is 0.480 e. The lowest BCUT2D eigenvalue weighted by Crippen LogP contribution is -2.33. The SMILES string of the molecule is [15NH2][13C@@H]([13CH2]O)[13C](=O)O. The standard InChI is InChI=1S/C3H7NO3/c4-2(1-5)3(6)7/h2,5H,1,4H2,(H,6,7)/t2-/m0/s1/i1+1,2+1,3+1,4+1. The van der Waals surface area contributed by atoms with E-state index in [1.165, 1.54) is 0 Å². The van der Waals surface area contributed by atoms with Gasteiger partial charge in [0.1, 0.15) is 6.04 Å². The molecule has 0 amide bonds. The average molecular weight is 109 g/mol. The van der Waals surface area contributed by atoms with Crippen LogP contribution in [0.15, 0.2) is 0 Å². The Morgan fingerprint density at radius 3 is 2.29 bits per heavy atom. The molecule has 0 bridgehead atoms. The lowest BCUT2D eigenvalue weighted by Gasteiger charge is -1.96. The molecule has 4 N–H and O–H groups in total. The molecule has 0 heterocycles. The molecule has 0 aliphatic heterocycles. The number of rotatable bonds is 2. The lowest BCUT2D eigenvalue weighted by molar-refractivity contribution is -0.139. The first-order valence-electron chi connectivity index (χ1n) is 1.77. The van der Waals surface area contributed by atoms with Gasteiger partial charge in [0.15, 0.2) is 0 Å². The van der Waals surface area contributed by atoms with Gasteiger partial charge < -0.3 is 15.9 Å². The summed E-state index contributed by atoms with van der Waals surface area (Å²) in [4.78, 5) is 9.65. The van der Waals surface area contributed by atoms with Crippen molar-refractivity contribution in [2.45, 2.75) is 6.04 Å². The lowest BCUT2D eigenvalue weighted by atomic mass is 11.3. The van der Waals surface area contributed by atoms with Gasteiger partial charge in [0.2, 0.25) is 0 Å². The molecule has 0 saturated heterocycles. The van der Waals surface area contributed by atoms with Crippen LogP contribution < -0.4 is 5.73 Å². The highest BCUT2D eigenvalue weighted by Crippen LogP contribution is 1.71. The summed E-state index contributed by atoms with van der Waals surface area (Å²) in [5.41, 5.74) is 4.77. The Bertz CT molecular complexity index is 72.6. The Morgan fingerprint density at radius 1 is 1.86 bits per heavy atom. The first kappa shape index (κ1) is 6.39. The second-order valence-corrected chi connectivity index (χ2v) is 1.13. The molecule has 0 rings (SSSR count). The predicted octanol–water partition coefficient (Wildman–Crippen LogP) is -1.61. The van der Waals surface area contributed by atoms with Crippen molar-refractivity contribution >= 4 is 5.97 Å². The molecule has 4 nitrogen and oxygen atoms in total. The van der Waals surface area contributed by atoms with Gasteiger partial charge in [-0.15, -0.1) is 0 Å². The highest BCUT2D eigenvalue weighted by atomic mass is 16.5. The number of carboxylic acid groups (broad SMARTS) is 1. The third-order valence-corrected chi connectivity index (χ3v) is 0.514. The van der Waals surface area contributed by atoms with Crippen molar-refractivity contribution < 1.29 is 15.0 Å². The quantitative estimate of drug-likeness (QED) is 0.294. The zero-order valence-electron chi connectivity index (χ0n) is 3.66. The highest BCUT2D eigenvalue weighted by Gasteiger charge is 2.06. The summed E-state index contributed by atoms with van der Waals surface area (Å²) in [5.74, 6) is -1.18. The van der Waals surface area contributed by atoms with Crippen molar-refractivity contribution in [3.05, 3.63) is 0 Å². The third-order valence-electron chi connectivity index (χ3n) is 0.514. The Labute approximate surface area is 40.6 Å². The van der Waals surface area contributed by atoms with Gasteiger partial charge in [0, 0.05) is 0 Å². The van der Waals surface area contributed by atoms with Crippen LogP contribution in [0.1, 0.15) is 0 Å². The molecule has 0 saturated carbocycles. The molecule has 0 unspecified atom stereocenters. The fraction of sp³-hybridized carbons (Fsp3) is 0.667. The van der Waals surface area contributed by atoms with E-state index in [1.807, 2.05) is 0 Å². The van der Waals surface area contributed by atoms with E-state index in [2.05, 4.69) is 0 Å². The van der Waals surface area contributed by atoms with Gasteiger partial charge in [0.25, 0.3) is 0 Å². The summed E-state index contributed by atoms with van der Waals surface area (Å²) in [7, 11) is 0. The summed E-state index contributed by atoms with van der Waals surface area (Å²) in [6.07, 6.45) is 0. The first-order valence-corrected chi connectivity index (χ1v) is 1.77. The Morgan fingerprint density at radius 2 is 2.29 bits per heavy atom. The van der Waals surface area contributed by atoms with E-state index >= 15 is 0 Å². The first-order chi connectivity index (χ1) is 3.18. The maximum Gasteiger partial charge on any atom is 0.322 e. The number of aliphatic hydroxyl groups is 1. The van der Waals surface area contributed by atoms with E-state index in [0.29, 0.717) is 0 Å². The number of nitrogens with two attached hydrogens (primary N) is 1. The van der Waals surface area contributed by atoms with Gasteiger partial charge in [-0.05, 0) is 0 Å². The fourth-order valence-electron chi connectivity index (χ4n) is 0.0781. The molecule has 0 fully saturated rings. The van der Waals surface area contributed by atoms with Gasteiger partial charge in [-0.1, -0.05) is 0 Å². The van der Waals surface area contributed by atoms with Gasteiger partial charge >= 0.3 is 5.97 Å². The minimum Gasteiger partial charge on any atom is -0.480 e. The van der Waals surface area contributed by atoms with E-state index in [1.54, 1.807) is 0 Å². The summed E-state index contributed by atoms with van der Waals surface area (Å²) >= 11 is 0. The minimum atomic E-state index is -1.18. The van der Waals surface area contributed by atoms with E-state index < -0.39 is 18.6 Å². The molecule has 0 aromatic rings. The Kier molecular flexibility index (Phi) is 2.32. The van der Waals surface area contributed by atoms with E-state index in [4.69, 9.17) is 15.9 Å². The molecule has 0 aliphatic carbocycles. The molecule has 0 spiro atoms. The van der Waals surface area contributed by atoms with Crippen LogP contribution in [0.4, 0.5) is 0 Å². The molecule has 1 atom stereocenters. The Hall–Kier alpha value is -0.610. The number of aliphatic hydroxyl groups excluding tert-OH is 1. The molecule has 42 valence electrons. The number of hydrogen-bond acceptors (Lipinski definition) is 3. The van der Waals surface area contributed by atoms with Gasteiger partial charge in [0.05, 0.1) is 6.61 Å². The maximum atomic E-state index is 9.65. The number of carbonyl (C=O) groups is 1. The van der Waals surface area contributed by atoms with E-state index in [-0.39, 0.29) is 0 Å². The van der Waals surface area contributed by atoms with Crippen LogP contribution in [-0.4, -0.2) is 28.8 Å². The van der Waals surface area contributed by atoms with Crippen LogP contribution in [0.5, 0.6) is 0 Å². The van der Waals surface area contributed by atoms with Crippen LogP contribution in [0, 0.1) is 0 Å². The van der Waals surface area contributed by atoms with E-state index in [0.717, 1.165) is 0 Å². The van der Waals surface area contributed by atoms with Gasteiger partial charge in [-0.2, -0.15) is 0 Å². The smallest absolute Gasteiger partial charge is 0.322 e. The molecule has 0 radical (unpaired) electrons. The van der Waals surface area contributed by atoms with Gasteiger partial charge in [-0.25, -0.2) is 0 Å². The second kappa shape index (κ2) is 2.54. The monoisotopic (exact) mass is 109 g/mol. The zero-order valence-corrected chi connectivity index (χ0v) is 3.66. The second-order valence-electron chi connectivity index (χ2n) is 1.13. The van der Waals surface area contributed by atoms with Crippen molar-refractivity contribution in [1.29, 1.82) is 0 Å². The number of carboxylic acids is 1. The highest BCUT2D eigenvalue weighted by molar-refractivity contribution is 5.73. The third kappa shape index (κ3) is 2.13. The van der Waals surface area contributed by atoms with Crippen molar-refractivity contribution in [2.24, 2.45) is 5.73 Å². The Balaban J connectivity index is 3.34. The zero-order chi connectivity index (χ0) is 5.86. The molecule has 0 aromatic carbocycles. The summed E-state index contributed by atoms with van der Waals surface area (Å²) < 4.78 is 0. The van der Waals surface area contributed by atoms with Crippen molar-refractivity contribution in [2.75, 3.05) is 6.61 Å². The molecule has 0 aliphatic rings. The van der Waals surface area contributed by atoms with E-state index in [9.17, 15) is 4.79 Å². The summed E-state index contributed by atoms with van der Waals surface area (Å²) in [6.45, 7) is -0.505. The molecular weight excluding hydrogens is 102 g/mol. The van der Waals surface area contributed by atoms with Crippen molar-refractivity contribution in [1.82, 2.24) is 0 Å². The summed E-state index contributed by atoms with van der Waals surface area (Å²) in [6, 6.07) is -1.13. The van der Waals surface area contributed by atoms with Crippen LogP contribution in [-0.2, 0) is 4.79 Å². The molecular formula is C3H7NO3. The van der Waals surface area contributed by atoms with Crippen LogP contribution in [0.2, 0.25) is 0 Å². The van der Waals surface area contributed by atoms with Crippen LogP contribution in [0.3, 0.4) is 0 Å². The predicted molar refractivity (Wildman–Crippen MR) is 22.7 cm³/mol.